The number of hydrogen-bond acceptors (Lipinski definition) is 2. The van der Waals surface area contributed by atoms with E-state index in [2.05, 4.69) is 50.3 Å². The Morgan fingerprint density at radius 2 is 2.36 bits per heavy atom. The Morgan fingerprint density at radius 3 is 2.82 bits per heavy atom. The minimum atomic E-state index is 0.0617. The zero-order chi connectivity index (χ0) is 8.48. The topological polar surface area (TPSA) is 38.0 Å². The molecule has 0 aromatic rings. The van der Waals surface area contributed by atoms with Gasteiger partial charge < -0.3 is 5.43 Å². The van der Waals surface area contributed by atoms with Crippen LogP contribution in [0.1, 0.15) is 13.3 Å². The SMILES string of the molecule is CC1(Br)C=CC(NN)=C(Br)C1. The standard InChI is InChI=1S/C7H10Br2N2/c1-7(9)3-2-6(11-10)5(8)4-7/h2-3,11H,4,10H2,1H3. The highest BCUT2D eigenvalue weighted by Crippen LogP contribution is 2.35. The van der Waals surface area contributed by atoms with E-state index >= 15 is 0 Å². The van der Waals surface area contributed by atoms with Crippen molar-refractivity contribution in [3.63, 3.8) is 0 Å². The average Bonchev–Trinajstić information content (AvgIpc) is 1.86. The van der Waals surface area contributed by atoms with Crippen molar-refractivity contribution >= 4 is 31.9 Å². The Kier molecular flexibility index (Phi) is 2.78. The van der Waals surface area contributed by atoms with Gasteiger partial charge in [-0.1, -0.05) is 37.9 Å². The molecule has 0 bridgehead atoms. The number of alkyl halides is 1. The molecule has 0 radical (unpaired) electrons. The minimum Gasteiger partial charge on any atom is -0.323 e. The van der Waals surface area contributed by atoms with Crippen LogP contribution < -0.4 is 11.3 Å². The Balaban J connectivity index is 2.82. The summed E-state index contributed by atoms with van der Waals surface area (Å²) in [5, 5.41) is 0. The van der Waals surface area contributed by atoms with Gasteiger partial charge in [-0.05, 0) is 19.4 Å². The van der Waals surface area contributed by atoms with E-state index in [4.69, 9.17) is 5.84 Å². The van der Waals surface area contributed by atoms with Crippen LogP contribution in [0.15, 0.2) is 22.3 Å². The first kappa shape index (κ1) is 9.29. The van der Waals surface area contributed by atoms with Crippen molar-refractivity contribution in [3.8, 4) is 0 Å². The minimum absolute atomic E-state index is 0.0617. The first-order chi connectivity index (χ1) is 5.05. The molecule has 0 aromatic carbocycles. The number of nitrogens with two attached hydrogens (primary N) is 1. The summed E-state index contributed by atoms with van der Waals surface area (Å²) < 4.78 is 1.16. The number of nitrogens with one attached hydrogen (secondary N) is 1. The molecule has 0 amide bonds. The summed E-state index contributed by atoms with van der Waals surface area (Å²) in [7, 11) is 0. The van der Waals surface area contributed by atoms with E-state index in [0.717, 1.165) is 16.6 Å². The zero-order valence-corrected chi connectivity index (χ0v) is 9.37. The van der Waals surface area contributed by atoms with Gasteiger partial charge in [-0.3, -0.25) is 5.84 Å². The Hall–Kier alpha value is 0.200. The Labute approximate surface area is 83.1 Å². The van der Waals surface area contributed by atoms with Gasteiger partial charge in [-0.2, -0.15) is 0 Å². The van der Waals surface area contributed by atoms with E-state index in [1.165, 1.54) is 0 Å². The van der Waals surface area contributed by atoms with Gasteiger partial charge in [0.05, 0.1) is 5.70 Å². The highest BCUT2D eigenvalue weighted by atomic mass is 79.9. The van der Waals surface area contributed by atoms with E-state index < -0.39 is 0 Å². The summed E-state index contributed by atoms with van der Waals surface area (Å²) >= 11 is 7.02. The third kappa shape index (κ3) is 2.32. The van der Waals surface area contributed by atoms with Crippen LogP contribution in [0.4, 0.5) is 0 Å². The second-order valence-electron chi connectivity index (χ2n) is 2.75. The van der Waals surface area contributed by atoms with Crippen LogP contribution >= 0.6 is 31.9 Å². The fraction of sp³-hybridized carbons (Fsp3) is 0.429. The molecule has 3 N–H and O–H groups in total. The van der Waals surface area contributed by atoms with E-state index in [1.54, 1.807) is 0 Å². The molecular formula is C7H10Br2N2. The average molecular weight is 282 g/mol. The second-order valence-corrected chi connectivity index (χ2v) is 5.52. The van der Waals surface area contributed by atoms with Gasteiger partial charge in [0, 0.05) is 8.81 Å². The molecule has 1 atom stereocenters. The molecule has 1 aliphatic rings. The highest BCUT2D eigenvalue weighted by Gasteiger charge is 2.22. The van der Waals surface area contributed by atoms with Crippen molar-refractivity contribution in [2.24, 2.45) is 5.84 Å². The van der Waals surface area contributed by atoms with Crippen molar-refractivity contribution < 1.29 is 0 Å². The lowest BCUT2D eigenvalue weighted by molar-refractivity contribution is 0.774. The summed E-state index contributed by atoms with van der Waals surface area (Å²) in [6.07, 6.45) is 4.96. The molecule has 0 saturated heterocycles. The van der Waals surface area contributed by atoms with Crippen molar-refractivity contribution in [2.75, 3.05) is 0 Å². The lowest BCUT2D eigenvalue weighted by Gasteiger charge is -2.23. The van der Waals surface area contributed by atoms with Gasteiger partial charge in [0.2, 0.25) is 0 Å². The largest absolute Gasteiger partial charge is 0.323 e. The summed E-state index contributed by atoms with van der Waals surface area (Å²) in [4.78, 5) is 0. The van der Waals surface area contributed by atoms with Crippen molar-refractivity contribution in [1.29, 1.82) is 0 Å². The molecule has 11 heavy (non-hydrogen) atoms. The maximum Gasteiger partial charge on any atom is 0.0584 e. The van der Waals surface area contributed by atoms with Crippen LogP contribution in [0.5, 0.6) is 0 Å². The smallest absolute Gasteiger partial charge is 0.0584 e. The third-order valence-electron chi connectivity index (χ3n) is 1.55. The molecule has 2 nitrogen and oxygen atoms in total. The van der Waals surface area contributed by atoms with Crippen LogP contribution in [0.2, 0.25) is 0 Å². The number of hydrogen-bond donors (Lipinski definition) is 2. The Morgan fingerprint density at radius 1 is 1.73 bits per heavy atom. The molecule has 0 heterocycles. The van der Waals surface area contributed by atoms with E-state index in [-0.39, 0.29) is 4.32 Å². The Bertz CT molecular complexity index is 218. The van der Waals surface area contributed by atoms with Gasteiger partial charge in [0.25, 0.3) is 0 Å². The highest BCUT2D eigenvalue weighted by molar-refractivity contribution is 9.12. The van der Waals surface area contributed by atoms with Crippen LogP contribution in [0.25, 0.3) is 0 Å². The first-order valence-electron chi connectivity index (χ1n) is 3.28. The fourth-order valence-electron chi connectivity index (χ4n) is 0.932. The van der Waals surface area contributed by atoms with Gasteiger partial charge in [-0.15, -0.1) is 0 Å². The third-order valence-corrected chi connectivity index (χ3v) is 2.80. The molecule has 4 heteroatoms. The molecule has 0 aliphatic heterocycles. The van der Waals surface area contributed by atoms with Crippen molar-refractivity contribution in [3.05, 3.63) is 22.3 Å². The molecule has 0 aromatic heterocycles. The molecule has 1 unspecified atom stereocenters. The maximum absolute atomic E-state index is 5.28. The molecule has 1 rings (SSSR count). The first-order valence-corrected chi connectivity index (χ1v) is 4.87. The van der Waals surface area contributed by atoms with Gasteiger partial charge in [0.1, 0.15) is 0 Å². The predicted octanol–water partition coefficient (Wildman–Crippen LogP) is 2.17. The number of rotatable bonds is 1. The van der Waals surface area contributed by atoms with Crippen LogP contribution in [-0.2, 0) is 0 Å². The molecule has 0 saturated carbocycles. The molecule has 0 spiro atoms. The van der Waals surface area contributed by atoms with E-state index in [9.17, 15) is 0 Å². The van der Waals surface area contributed by atoms with Crippen LogP contribution in [0, 0.1) is 0 Å². The van der Waals surface area contributed by atoms with E-state index in [1.807, 2.05) is 6.08 Å². The summed E-state index contributed by atoms with van der Waals surface area (Å²) in [6.45, 7) is 2.11. The summed E-state index contributed by atoms with van der Waals surface area (Å²) in [6, 6.07) is 0. The molecule has 0 fully saturated rings. The van der Waals surface area contributed by atoms with Crippen molar-refractivity contribution in [2.45, 2.75) is 17.7 Å². The van der Waals surface area contributed by atoms with E-state index in [0.29, 0.717) is 0 Å². The summed E-state index contributed by atoms with van der Waals surface area (Å²) in [5.74, 6) is 5.28. The molecule has 62 valence electrons. The number of hydrazine groups is 1. The van der Waals surface area contributed by atoms with Gasteiger partial charge in [0.15, 0.2) is 0 Å². The molecule has 1 aliphatic carbocycles. The lowest BCUT2D eigenvalue weighted by atomic mass is 10.0. The lowest BCUT2D eigenvalue weighted by Crippen LogP contribution is -2.25. The van der Waals surface area contributed by atoms with Gasteiger partial charge >= 0.3 is 0 Å². The fourth-order valence-corrected chi connectivity index (χ4v) is 2.55. The predicted molar refractivity (Wildman–Crippen MR) is 54.4 cm³/mol. The number of allylic oxidation sites excluding steroid dienone is 3. The second kappa shape index (κ2) is 3.29. The monoisotopic (exact) mass is 280 g/mol. The molecular weight excluding hydrogens is 272 g/mol. The van der Waals surface area contributed by atoms with Crippen LogP contribution in [-0.4, -0.2) is 4.32 Å². The maximum atomic E-state index is 5.28. The van der Waals surface area contributed by atoms with Crippen molar-refractivity contribution in [1.82, 2.24) is 5.43 Å². The number of halogens is 2. The normalized spacial score (nSPS) is 30.9. The summed E-state index contributed by atoms with van der Waals surface area (Å²) in [5.41, 5.74) is 3.56. The van der Waals surface area contributed by atoms with Crippen LogP contribution in [0.3, 0.4) is 0 Å². The zero-order valence-electron chi connectivity index (χ0n) is 6.20. The van der Waals surface area contributed by atoms with Gasteiger partial charge in [-0.25, -0.2) is 0 Å². The quantitative estimate of drug-likeness (QED) is 0.439.